The van der Waals surface area contributed by atoms with E-state index in [2.05, 4.69) is 44.0 Å². The molecule has 3 nitrogen and oxygen atoms in total. The van der Waals surface area contributed by atoms with Gasteiger partial charge in [0.05, 0.1) is 15.0 Å². The first-order valence-corrected chi connectivity index (χ1v) is 8.12. The van der Waals surface area contributed by atoms with Crippen molar-refractivity contribution in [1.82, 2.24) is 0 Å². The standard InChI is InChI=1S/C14H19Br2NO2/c1-9(17)5-10-6-12(15)14(13(16)7-10)19-8-11-3-2-4-18-11/h6-7,9,11H,2-5,8,17H2,1H3. The molecular weight excluding hydrogens is 374 g/mol. The largest absolute Gasteiger partial charge is 0.489 e. The summed E-state index contributed by atoms with van der Waals surface area (Å²) in [5.41, 5.74) is 7.02. The highest BCUT2D eigenvalue weighted by Crippen LogP contribution is 2.35. The van der Waals surface area contributed by atoms with Crippen molar-refractivity contribution in [1.29, 1.82) is 0 Å². The smallest absolute Gasteiger partial charge is 0.147 e. The lowest BCUT2D eigenvalue weighted by Gasteiger charge is -2.15. The van der Waals surface area contributed by atoms with Crippen LogP contribution in [-0.2, 0) is 11.2 Å². The quantitative estimate of drug-likeness (QED) is 0.831. The molecule has 19 heavy (non-hydrogen) atoms. The van der Waals surface area contributed by atoms with E-state index in [1.807, 2.05) is 6.92 Å². The number of ether oxygens (including phenoxy) is 2. The molecule has 1 aromatic carbocycles. The first kappa shape index (κ1) is 15.3. The Bertz CT molecular complexity index is 408. The van der Waals surface area contributed by atoms with Crippen molar-refractivity contribution < 1.29 is 9.47 Å². The zero-order valence-electron chi connectivity index (χ0n) is 11.0. The molecule has 0 bridgehead atoms. The van der Waals surface area contributed by atoms with Gasteiger partial charge in [0.1, 0.15) is 12.4 Å². The second kappa shape index (κ2) is 7.07. The molecule has 2 atom stereocenters. The minimum atomic E-state index is 0.150. The Balaban J connectivity index is 2.03. The van der Waals surface area contributed by atoms with Crippen molar-refractivity contribution in [2.75, 3.05) is 13.2 Å². The molecule has 1 fully saturated rings. The van der Waals surface area contributed by atoms with E-state index in [0.717, 1.165) is 40.6 Å². The van der Waals surface area contributed by atoms with E-state index in [9.17, 15) is 0 Å². The molecule has 0 saturated carbocycles. The molecule has 2 N–H and O–H groups in total. The highest BCUT2D eigenvalue weighted by molar-refractivity contribution is 9.11. The SMILES string of the molecule is CC(N)Cc1cc(Br)c(OCC2CCCO2)c(Br)c1. The van der Waals surface area contributed by atoms with E-state index in [4.69, 9.17) is 15.2 Å². The Morgan fingerprint density at radius 2 is 2.11 bits per heavy atom. The van der Waals surface area contributed by atoms with Crippen LogP contribution in [0.2, 0.25) is 0 Å². The van der Waals surface area contributed by atoms with Crippen molar-refractivity contribution in [3.63, 3.8) is 0 Å². The Hall–Kier alpha value is -0.100. The molecule has 1 aromatic rings. The molecule has 1 aliphatic heterocycles. The van der Waals surface area contributed by atoms with E-state index in [0.29, 0.717) is 6.61 Å². The average Bonchev–Trinajstić information content (AvgIpc) is 2.79. The Kier molecular flexibility index (Phi) is 5.69. The van der Waals surface area contributed by atoms with Gasteiger partial charge < -0.3 is 15.2 Å². The normalized spacial score (nSPS) is 20.5. The molecule has 0 radical (unpaired) electrons. The van der Waals surface area contributed by atoms with Crippen molar-refractivity contribution in [2.45, 2.75) is 38.3 Å². The van der Waals surface area contributed by atoms with Gasteiger partial charge in [-0.15, -0.1) is 0 Å². The summed E-state index contributed by atoms with van der Waals surface area (Å²) in [7, 11) is 0. The van der Waals surface area contributed by atoms with Gasteiger partial charge in [-0.25, -0.2) is 0 Å². The van der Waals surface area contributed by atoms with E-state index in [-0.39, 0.29) is 12.1 Å². The molecule has 5 heteroatoms. The Labute approximate surface area is 131 Å². The molecule has 0 spiro atoms. The zero-order chi connectivity index (χ0) is 13.8. The first-order chi connectivity index (χ1) is 9.06. The fourth-order valence-corrected chi connectivity index (χ4v) is 3.70. The van der Waals surface area contributed by atoms with E-state index in [1.165, 1.54) is 5.56 Å². The van der Waals surface area contributed by atoms with Gasteiger partial charge in [-0.1, -0.05) is 0 Å². The molecule has 2 unspecified atom stereocenters. The van der Waals surface area contributed by atoms with Crippen LogP contribution in [0.3, 0.4) is 0 Å². The van der Waals surface area contributed by atoms with Crippen LogP contribution in [0.25, 0.3) is 0 Å². The number of halogens is 2. The molecular formula is C14H19Br2NO2. The van der Waals surface area contributed by atoms with Gasteiger partial charge in [0.15, 0.2) is 0 Å². The number of nitrogens with two attached hydrogens (primary N) is 1. The molecule has 1 heterocycles. The third-order valence-corrected chi connectivity index (χ3v) is 4.23. The lowest BCUT2D eigenvalue weighted by Crippen LogP contribution is -2.18. The van der Waals surface area contributed by atoms with Crippen molar-refractivity contribution in [3.8, 4) is 5.75 Å². The fraction of sp³-hybridized carbons (Fsp3) is 0.571. The first-order valence-electron chi connectivity index (χ1n) is 6.54. The number of hydrogen-bond donors (Lipinski definition) is 1. The fourth-order valence-electron chi connectivity index (χ4n) is 2.19. The summed E-state index contributed by atoms with van der Waals surface area (Å²) in [5, 5.41) is 0. The van der Waals surface area contributed by atoms with Crippen LogP contribution in [0.5, 0.6) is 5.75 Å². The Morgan fingerprint density at radius 3 is 2.63 bits per heavy atom. The summed E-state index contributed by atoms with van der Waals surface area (Å²) in [6.45, 7) is 3.46. The zero-order valence-corrected chi connectivity index (χ0v) is 14.2. The Morgan fingerprint density at radius 1 is 1.42 bits per heavy atom. The molecule has 0 aromatic heterocycles. The van der Waals surface area contributed by atoms with Gasteiger partial charge >= 0.3 is 0 Å². The topological polar surface area (TPSA) is 44.5 Å². The lowest BCUT2D eigenvalue weighted by atomic mass is 10.1. The number of benzene rings is 1. The van der Waals surface area contributed by atoms with Crippen LogP contribution in [0.15, 0.2) is 21.1 Å². The minimum Gasteiger partial charge on any atom is -0.489 e. The maximum atomic E-state index is 5.86. The van der Waals surface area contributed by atoms with Crippen LogP contribution >= 0.6 is 31.9 Å². The summed E-state index contributed by atoms with van der Waals surface area (Å²) in [6, 6.07) is 4.29. The van der Waals surface area contributed by atoms with Gasteiger partial charge in [0, 0.05) is 12.6 Å². The van der Waals surface area contributed by atoms with Gasteiger partial charge in [-0.05, 0) is 75.7 Å². The van der Waals surface area contributed by atoms with Gasteiger partial charge in [0.2, 0.25) is 0 Å². The molecule has 106 valence electrons. The molecule has 2 rings (SSSR count). The van der Waals surface area contributed by atoms with Crippen molar-refractivity contribution in [3.05, 3.63) is 26.6 Å². The van der Waals surface area contributed by atoms with E-state index < -0.39 is 0 Å². The van der Waals surface area contributed by atoms with Crippen LogP contribution in [0, 0.1) is 0 Å². The van der Waals surface area contributed by atoms with E-state index in [1.54, 1.807) is 0 Å². The predicted molar refractivity (Wildman–Crippen MR) is 83.7 cm³/mol. The summed E-state index contributed by atoms with van der Waals surface area (Å²) < 4.78 is 13.3. The summed E-state index contributed by atoms with van der Waals surface area (Å²) in [6.07, 6.45) is 3.29. The van der Waals surface area contributed by atoms with Crippen LogP contribution in [0.1, 0.15) is 25.3 Å². The number of hydrogen-bond acceptors (Lipinski definition) is 3. The third-order valence-electron chi connectivity index (χ3n) is 3.05. The average molecular weight is 393 g/mol. The highest BCUT2D eigenvalue weighted by atomic mass is 79.9. The molecule has 1 aliphatic rings. The summed E-state index contributed by atoms with van der Waals surface area (Å²) >= 11 is 7.12. The predicted octanol–water partition coefficient (Wildman–Crippen LogP) is 3.66. The molecule has 0 amide bonds. The summed E-state index contributed by atoms with van der Waals surface area (Å²) in [4.78, 5) is 0. The third kappa shape index (κ3) is 4.45. The maximum absolute atomic E-state index is 5.86. The van der Waals surface area contributed by atoms with Crippen LogP contribution in [0.4, 0.5) is 0 Å². The van der Waals surface area contributed by atoms with Crippen LogP contribution in [-0.4, -0.2) is 25.4 Å². The van der Waals surface area contributed by atoms with E-state index >= 15 is 0 Å². The lowest BCUT2D eigenvalue weighted by molar-refractivity contribution is 0.0674. The minimum absolute atomic E-state index is 0.150. The highest BCUT2D eigenvalue weighted by Gasteiger charge is 2.18. The summed E-state index contributed by atoms with van der Waals surface area (Å²) in [5.74, 6) is 0.837. The second-order valence-electron chi connectivity index (χ2n) is 5.02. The number of rotatable bonds is 5. The molecule has 0 aliphatic carbocycles. The van der Waals surface area contributed by atoms with Crippen molar-refractivity contribution in [2.24, 2.45) is 5.73 Å². The molecule has 1 saturated heterocycles. The van der Waals surface area contributed by atoms with Crippen LogP contribution < -0.4 is 10.5 Å². The van der Waals surface area contributed by atoms with Gasteiger partial charge in [0.25, 0.3) is 0 Å². The second-order valence-corrected chi connectivity index (χ2v) is 6.72. The van der Waals surface area contributed by atoms with Gasteiger partial charge in [-0.3, -0.25) is 0 Å². The monoisotopic (exact) mass is 391 g/mol. The van der Waals surface area contributed by atoms with Gasteiger partial charge in [-0.2, -0.15) is 0 Å². The van der Waals surface area contributed by atoms with Crippen molar-refractivity contribution >= 4 is 31.9 Å². The maximum Gasteiger partial charge on any atom is 0.147 e.